The van der Waals surface area contributed by atoms with E-state index in [1.54, 1.807) is 11.1 Å². The van der Waals surface area contributed by atoms with Crippen LogP contribution in [0.15, 0.2) is 48.5 Å². The summed E-state index contributed by atoms with van der Waals surface area (Å²) < 4.78 is 5.44. The molecule has 0 aliphatic heterocycles. The van der Waals surface area contributed by atoms with Crippen molar-refractivity contribution in [3.05, 3.63) is 93.0 Å². The highest BCUT2D eigenvalue weighted by Gasteiger charge is 2.54. The van der Waals surface area contributed by atoms with E-state index in [9.17, 15) is 9.59 Å². The Hall–Kier alpha value is -4.96. The third kappa shape index (κ3) is 4.75. The second kappa shape index (κ2) is 13.3. The minimum atomic E-state index is 0.170. The number of Topliss-reactive ketones (excluding diaryl/α,β-unsaturated/α-hetero) is 2. The zero-order chi connectivity index (χ0) is 47.0. The van der Waals surface area contributed by atoms with Crippen molar-refractivity contribution in [2.24, 2.45) is 47.3 Å². The molecule has 4 aromatic heterocycles. The lowest BCUT2D eigenvalue weighted by Gasteiger charge is -2.57. The number of hydrogen-bond acceptors (Lipinski definition) is 2. The van der Waals surface area contributed by atoms with Crippen molar-refractivity contribution < 1.29 is 9.59 Å². The summed E-state index contributed by atoms with van der Waals surface area (Å²) in [4.78, 5) is 29.8. The number of ketones is 2. The summed E-state index contributed by atoms with van der Waals surface area (Å²) >= 11 is 0. The molecule has 14 aliphatic carbocycles. The third-order valence-corrected chi connectivity index (χ3v) is 24.3. The molecule has 362 valence electrons. The minimum absolute atomic E-state index is 0.170. The van der Waals surface area contributed by atoms with Gasteiger partial charge in [-0.1, -0.05) is 13.8 Å². The molecule has 14 aliphatic rings. The second-order valence-electron chi connectivity index (χ2n) is 27.8. The highest BCUT2D eigenvalue weighted by molar-refractivity contribution is 6.30. The molecule has 23 rings (SSSR count). The number of rotatable bonds is 4. The largest absolute Gasteiger partial charge is 0.308 e. The van der Waals surface area contributed by atoms with E-state index in [1.807, 2.05) is 0 Å². The van der Waals surface area contributed by atoms with Crippen LogP contribution in [0.5, 0.6) is 0 Å². The number of hydrogen-bond donors (Lipinski definition) is 0. The molecule has 10 saturated carbocycles. The third-order valence-electron chi connectivity index (χ3n) is 24.3. The van der Waals surface area contributed by atoms with Crippen molar-refractivity contribution in [3.8, 4) is 0 Å². The number of aromatic nitrogens is 2. The van der Waals surface area contributed by atoms with Gasteiger partial charge >= 0.3 is 0 Å². The molecule has 0 amide bonds. The molecule has 0 atom stereocenters. The van der Waals surface area contributed by atoms with E-state index in [0.29, 0.717) is 23.4 Å². The Morgan fingerprint density at radius 1 is 0.389 bits per heavy atom. The molecule has 0 spiro atoms. The van der Waals surface area contributed by atoms with Gasteiger partial charge in [0.2, 0.25) is 0 Å². The summed E-state index contributed by atoms with van der Waals surface area (Å²) in [5, 5.41) is 11.3. The molecule has 0 radical (unpaired) electrons. The van der Waals surface area contributed by atoms with Gasteiger partial charge in [0, 0.05) is 66.1 Å². The first-order valence-corrected chi connectivity index (χ1v) is 29.9. The quantitative estimate of drug-likeness (QED) is 0.176. The Morgan fingerprint density at radius 3 is 1.03 bits per heavy atom. The van der Waals surface area contributed by atoms with Crippen LogP contribution in [0, 0.1) is 47.3 Å². The van der Waals surface area contributed by atoms with Gasteiger partial charge in [-0.15, -0.1) is 0 Å². The molecule has 10 fully saturated rings. The van der Waals surface area contributed by atoms with Gasteiger partial charge in [0.05, 0.1) is 33.1 Å². The molecule has 0 N–H and O–H groups in total. The molecule has 4 heteroatoms. The van der Waals surface area contributed by atoms with Crippen LogP contribution in [-0.4, -0.2) is 20.4 Å². The number of nitrogens with zero attached hydrogens (tertiary/aromatic N) is 2. The number of carbonyl (C=O) groups is 2. The SMILES string of the molecule is CCc1c2c(cc3c4cc(C56CC7CC(CC(C7)C5)C6)cc5c6cc7c(cc6n(c13)c54)c1cc(C34CC5CC(CC(C5)C3)C4)cc3c4cc5c(c(CC)c4n7c13)C(=O)C1CCC5CC1)C1CCC(CC1)C2=O. The van der Waals surface area contributed by atoms with Gasteiger partial charge in [-0.3, -0.25) is 9.59 Å². The van der Waals surface area contributed by atoms with E-state index in [2.05, 4.69) is 71.2 Å². The predicted molar refractivity (Wildman–Crippen MR) is 292 cm³/mol. The predicted octanol–water partition coefficient (Wildman–Crippen LogP) is 17.0. The Balaban J connectivity index is 0.976. The molecule has 12 bridgehead atoms. The normalized spacial score (nSPS) is 35.4. The zero-order valence-electron chi connectivity index (χ0n) is 42.7. The monoisotopic (exact) mass is 945 g/mol. The highest BCUT2D eigenvalue weighted by Crippen LogP contribution is 2.64. The van der Waals surface area contributed by atoms with E-state index in [0.717, 1.165) is 111 Å². The summed E-state index contributed by atoms with van der Waals surface area (Å²) in [7, 11) is 0. The minimum Gasteiger partial charge on any atom is -0.308 e. The number of benzene rings is 5. The maximum Gasteiger partial charge on any atom is 0.166 e. The Labute approximate surface area is 422 Å². The first kappa shape index (κ1) is 40.4. The molecule has 4 nitrogen and oxygen atoms in total. The summed E-state index contributed by atoms with van der Waals surface area (Å²) in [6, 6.07) is 21.4. The van der Waals surface area contributed by atoms with E-state index >= 15 is 0 Å². The Kier molecular flexibility index (Phi) is 7.46. The van der Waals surface area contributed by atoms with E-state index in [1.165, 1.54) is 175 Å². The standard InChI is InChI=1S/C68H68N2O2/c1-3-45-59-47(39-5-9-41(10-6-39)65(59)71)23-55-53-21-43(67-27-33-13-34(28-67)15-35(14-33)29-67)19-51-49-26-58-50(25-57(49)69(61(45)55)63(51)53)52-20-44(68-30-36-16-37(31-68)18-38(17-36)32-68)22-54-56-24-48-40-7-11-42(12-8-40)66(72)60(48)46(4-2)62(56)70(58)64(52)54/h19-26,33-42H,3-18,27-32H2,1-2H3. The average Bonchev–Trinajstić information content (AvgIpc) is 4.00. The van der Waals surface area contributed by atoms with Gasteiger partial charge in [0.1, 0.15) is 0 Å². The fourth-order valence-corrected chi connectivity index (χ4v) is 22.3. The molecule has 72 heavy (non-hydrogen) atoms. The number of aryl methyl sites for hydroxylation is 2. The second-order valence-corrected chi connectivity index (χ2v) is 27.8. The van der Waals surface area contributed by atoms with Crippen molar-refractivity contribution in [2.45, 2.75) is 178 Å². The van der Waals surface area contributed by atoms with Crippen LogP contribution in [-0.2, 0) is 23.7 Å². The van der Waals surface area contributed by atoms with Crippen molar-refractivity contribution in [2.75, 3.05) is 0 Å². The Morgan fingerprint density at radius 2 is 0.694 bits per heavy atom. The first-order valence-electron chi connectivity index (χ1n) is 29.9. The van der Waals surface area contributed by atoms with Crippen LogP contribution in [0.1, 0.15) is 208 Å². The first-order chi connectivity index (χ1) is 35.2. The smallest absolute Gasteiger partial charge is 0.166 e. The molecule has 9 aromatic rings. The van der Waals surface area contributed by atoms with E-state index in [-0.39, 0.29) is 22.7 Å². The zero-order valence-corrected chi connectivity index (χ0v) is 42.7. The van der Waals surface area contributed by atoms with Crippen molar-refractivity contribution in [1.82, 2.24) is 8.80 Å². The van der Waals surface area contributed by atoms with Crippen LogP contribution in [0.3, 0.4) is 0 Å². The maximum absolute atomic E-state index is 14.9. The summed E-state index contributed by atoms with van der Waals surface area (Å²) in [6.07, 6.45) is 27.4. The lowest BCUT2D eigenvalue weighted by atomic mass is 9.48. The van der Waals surface area contributed by atoms with Crippen LogP contribution in [0.25, 0.3) is 76.2 Å². The van der Waals surface area contributed by atoms with Crippen molar-refractivity contribution in [1.29, 1.82) is 0 Å². The van der Waals surface area contributed by atoms with Gasteiger partial charge in [0.25, 0.3) is 0 Å². The number of fused-ring (bicyclic) bond motifs is 16. The summed E-state index contributed by atoms with van der Waals surface area (Å²) in [5.41, 5.74) is 19.4. The fraction of sp³-hybridized carbons (Fsp3) is 0.529. The van der Waals surface area contributed by atoms with Crippen LogP contribution in [0.4, 0.5) is 0 Å². The number of carbonyl (C=O) groups excluding carboxylic acids is 2. The molecular weight excluding hydrogens is 877 g/mol. The Bertz CT molecular complexity index is 3660. The van der Waals surface area contributed by atoms with Gasteiger partial charge < -0.3 is 8.80 Å². The van der Waals surface area contributed by atoms with Crippen LogP contribution < -0.4 is 0 Å². The van der Waals surface area contributed by atoms with Crippen LogP contribution >= 0.6 is 0 Å². The molecule has 4 heterocycles. The van der Waals surface area contributed by atoms with Gasteiger partial charge in [-0.25, -0.2) is 0 Å². The molecule has 0 saturated heterocycles. The topological polar surface area (TPSA) is 43.0 Å². The van der Waals surface area contributed by atoms with Gasteiger partial charge in [-0.2, -0.15) is 0 Å². The van der Waals surface area contributed by atoms with Crippen molar-refractivity contribution in [3.63, 3.8) is 0 Å². The maximum atomic E-state index is 14.9. The van der Waals surface area contributed by atoms with E-state index in [4.69, 9.17) is 0 Å². The highest BCUT2D eigenvalue weighted by atomic mass is 16.1. The van der Waals surface area contributed by atoms with Gasteiger partial charge in [-0.05, 0) is 281 Å². The van der Waals surface area contributed by atoms with E-state index < -0.39 is 0 Å². The van der Waals surface area contributed by atoms with Crippen LogP contribution in [0.2, 0.25) is 0 Å². The van der Waals surface area contributed by atoms with Crippen molar-refractivity contribution >= 4 is 87.8 Å². The summed E-state index contributed by atoms with van der Waals surface area (Å²) in [6.45, 7) is 4.68. The molecule has 0 unspecified atom stereocenters. The molecular formula is C68H68N2O2. The summed E-state index contributed by atoms with van der Waals surface area (Å²) in [5.74, 6) is 7.43. The lowest BCUT2D eigenvalue weighted by Crippen LogP contribution is -2.48. The average molecular weight is 945 g/mol. The lowest BCUT2D eigenvalue weighted by molar-refractivity contribution is -0.00520. The molecule has 5 aromatic carbocycles. The van der Waals surface area contributed by atoms with Gasteiger partial charge in [0.15, 0.2) is 11.6 Å². The fourth-order valence-electron chi connectivity index (χ4n) is 22.3.